The Balaban J connectivity index is 1.79. The Morgan fingerprint density at radius 1 is 1.08 bits per heavy atom. The maximum absolute atomic E-state index is 11.8. The first-order chi connectivity index (χ1) is 12.6. The van der Waals surface area contributed by atoms with Crippen molar-refractivity contribution in [3.63, 3.8) is 0 Å². The topological polar surface area (TPSA) is 64.6 Å². The summed E-state index contributed by atoms with van der Waals surface area (Å²) >= 11 is 0. The summed E-state index contributed by atoms with van der Waals surface area (Å²) in [5.74, 6) is -0.234. The highest BCUT2D eigenvalue weighted by molar-refractivity contribution is 5.89. The first-order valence-electron chi connectivity index (χ1n) is 8.48. The zero-order chi connectivity index (χ0) is 18.8. The molecule has 0 saturated carbocycles. The van der Waals surface area contributed by atoms with Gasteiger partial charge < -0.3 is 14.8 Å². The van der Waals surface area contributed by atoms with E-state index in [9.17, 15) is 9.59 Å². The van der Waals surface area contributed by atoms with E-state index in [2.05, 4.69) is 5.32 Å². The van der Waals surface area contributed by atoms with Gasteiger partial charge in [-0.2, -0.15) is 0 Å². The molecule has 0 aliphatic rings. The molecule has 0 saturated heterocycles. The number of hydrogen-bond acceptors (Lipinski definition) is 4. The van der Waals surface area contributed by atoms with Crippen LogP contribution in [0, 0.1) is 6.92 Å². The normalized spacial score (nSPS) is 10.5. The minimum Gasteiger partial charge on any atom is -0.493 e. The van der Waals surface area contributed by atoms with Crippen molar-refractivity contribution in [1.82, 2.24) is 5.32 Å². The van der Waals surface area contributed by atoms with E-state index < -0.39 is 5.97 Å². The number of rotatable bonds is 8. The number of benzene rings is 2. The summed E-state index contributed by atoms with van der Waals surface area (Å²) in [5.41, 5.74) is 2.90. The summed E-state index contributed by atoms with van der Waals surface area (Å²) in [6.07, 6.45) is 2.89. The van der Waals surface area contributed by atoms with Crippen molar-refractivity contribution in [2.24, 2.45) is 0 Å². The zero-order valence-electron chi connectivity index (χ0n) is 15.0. The lowest BCUT2D eigenvalue weighted by molar-refractivity contribution is -0.143. The molecule has 0 atom stereocenters. The van der Waals surface area contributed by atoms with E-state index in [-0.39, 0.29) is 12.5 Å². The fourth-order valence-corrected chi connectivity index (χ4v) is 2.30. The third-order valence-electron chi connectivity index (χ3n) is 3.70. The van der Waals surface area contributed by atoms with Crippen LogP contribution in [0.25, 0.3) is 6.08 Å². The highest BCUT2D eigenvalue weighted by atomic mass is 16.5. The van der Waals surface area contributed by atoms with Crippen LogP contribution in [0.15, 0.2) is 54.6 Å². The molecule has 0 bridgehead atoms. The van der Waals surface area contributed by atoms with Gasteiger partial charge in [-0.25, -0.2) is 4.79 Å². The van der Waals surface area contributed by atoms with Gasteiger partial charge in [0, 0.05) is 18.2 Å². The van der Waals surface area contributed by atoms with Gasteiger partial charge in [-0.05, 0) is 37.1 Å². The molecule has 2 aromatic rings. The van der Waals surface area contributed by atoms with Crippen LogP contribution in [0.1, 0.15) is 23.6 Å². The second kappa shape index (κ2) is 10.0. The third kappa shape index (κ3) is 6.09. The molecule has 0 aliphatic heterocycles. The van der Waals surface area contributed by atoms with Gasteiger partial charge in [0.25, 0.3) is 5.91 Å². The van der Waals surface area contributed by atoms with Crippen LogP contribution in [0.5, 0.6) is 5.75 Å². The Bertz CT molecular complexity index is 783. The molecule has 1 amide bonds. The molecule has 0 fully saturated rings. The number of amides is 1. The van der Waals surface area contributed by atoms with E-state index in [1.807, 2.05) is 62.4 Å². The Morgan fingerprint density at radius 2 is 1.81 bits per heavy atom. The molecular weight excluding hydrogens is 330 g/mol. The van der Waals surface area contributed by atoms with Gasteiger partial charge in [-0.15, -0.1) is 0 Å². The van der Waals surface area contributed by atoms with Crippen molar-refractivity contribution in [3.8, 4) is 5.75 Å². The Hall–Kier alpha value is -3.08. The number of ether oxygens (including phenoxy) is 2. The van der Waals surface area contributed by atoms with E-state index in [0.29, 0.717) is 18.9 Å². The highest BCUT2D eigenvalue weighted by Crippen LogP contribution is 2.19. The average molecular weight is 353 g/mol. The number of carbonyl (C=O) groups is 2. The quantitative estimate of drug-likeness (QED) is 0.584. The summed E-state index contributed by atoms with van der Waals surface area (Å²) in [6.45, 7) is 4.50. The monoisotopic (exact) mass is 353 g/mol. The number of nitrogens with one attached hydrogen (secondary N) is 1. The Morgan fingerprint density at radius 3 is 2.58 bits per heavy atom. The third-order valence-corrected chi connectivity index (χ3v) is 3.70. The number of aryl methyl sites for hydroxylation is 1. The van der Waals surface area contributed by atoms with E-state index in [1.54, 1.807) is 6.08 Å². The fraction of sp³-hybridized carbons (Fsp3) is 0.238. The summed E-state index contributed by atoms with van der Waals surface area (Å²) in [4.78, 5) is 23.6. The molecule has 0 unspecified atom stereocenters. The predicted molar refractivity (Wildman–Crippen MR) is 101 cm³/mol. The molecule has 5 nitrogen and oxygen atoms in total. The fourth-order valence-electron chi connectivity index (χ4n) is 2.30. The van der Waals surface area contributed by atoms with E-state index in [0.717, 1.165) is 16.7 Å². The molecule has 2 rings (SSSR count). The van der Waals surface area contributed by atoms with E-state index in [4.69, 9.17) is 9.47 Å². The summed E-state index contributed by atoms with van der Waals surface area (Å²) < 4.78 is 10.4. The largest absolute Gasteiger partial charge is 0.493 e. The van der Waals surface area contributed by atoms with Gasteiger partial charge in [0.2, 0.25) is 0 Å². The van der Waals surface area contributed by atoms with E-state index in [1.165, 1.54) is 6.08 Å². The maximum atomic E-state index is 11.8. The van der Waals surface area contributed by atoms with Gasteiger partial charge in [0.1, 0.15) is 5.75 Å². The average Bonchev–Trinajstić information content (AvgIpc) is 2.65. The maximum Gasteiger partial charge on any atom is 0.331 e. The molecule has 0 radical (unpaired) electrons. The molecule has 26 heavy (non-hydrogen) atoms. The van der Waals surface area contributed by atoms with Crippen molar-refractivity contribution in [2.75, 3.05) is 13.2 Å². The van der Waals surface area contributed by atoms with Crippen LogP contribution in [0.4, 0.5) is 0 Å². The molecule has 5 heteroatoms. The minimum absolute atomic E-state index is 0.317. The number of carbonyl (C=O) groups excluding carboxylic acids is 2. The van der Waals surface area contributed by atoms with Crippen LogP contribution in [0.2, 0.25) is 0 Å². The van der Waals surface area contributed by atoms with Crippen molar-refractivity contribution in [1.29, 1.82) is 0 Å². The lowest BCUT2D eigenvalue weighted by Gasteiger charge is -2.08. The molecule has 0 heterocycles. The number of para-hydroxylation sites is 1. The van der Waals surface area contributed by atoms with Crippen LogP contribution in [-0.4, -0.2) is 25.1 Å². The second-order valence-corrected chi connectivity index (χ2v) is 5.62. The zero-order valence-corrected chi connectivity index (χ0v) is 15.0. The van der Waals surface area contributed by atoms with Crippen molar-refractivity contribution in [2.45, 2.75) is 20.4 Å². The molecule has 136 valence electrons. The van der Waals surface area contributed by atoms with Crippen molar-refractivity contribution >= 4 is 18.0 Å². The molecule has 0 aliphatic carbocycles. The SMILES string of the molecule is CCOc1ccccc1/C=C/C(=O)OCC(=O)NCc1ccccc1C. The molecule has 2 aromatic carbocycles. The van der Waals surface area contributed by atoms with Crippen molar-refractivity contribution in [3.05, 3.63) is 71.3 Å². The van der Waals surface area contributed by atoms with Crippen LogP contribution >= 0.6 is 0 Å². The first kappa shape index (κ1) is 19.2. The van der Waals surface area contributed by atoms with Gasteiger partial charge in [-0.1, -0.05) is 42.5 Å². The van der Waals surface area contributed by atoms with Gasteiger partial charge >= 0.3 is 5.97 Å². The molecule has 1 N–H and O–H groups in total. The molecule has 0 aromatic heterocycles. The Labute approximate surface area is 153 Å². The van der Waals surface area contributed by atoms with Crippen LogP contribution in [-0.2, 0) is 20.9 Å². The van der Waals surface area contributed by atoms with Gasteiger partial charge in [0.15, 0.2) is 6.61 Å². The van der Waals surface area contributed by atoms with Gasteiger partial charge in [0.05, 0.1) is 6.61 Å². The predicted octanol–water partition coefficient (Wildman–Crippen LogP) is 3.27. The smallest absolute Gasteiger partial charge is 0.331 e. The number of esters is 1. The molecule has 0 spiro atoms. The standard InChI is InChI=1S/C21H23NO4/c1-3-25-19-11-7-6-9-17(19)12-13-21(24)26-15-20(23)22-14-18-10-5-4-8-16(18)2/h4-13H,3,14-15H2,1-2H3,(H,22,23)/b13-12+. The summed E-state index contributed by atoms with van der Waals surface area (Å²) in [7, 11) is 0. The lowest BCUT2D eigenvalue weighted by atomic mass is 10.1. The van der Waals surface area contributed by atoms with Crippen LogP contribution in [0.3, 0.4) is 0 Å². The Kier molecular flexibility index (Phi) is 7.43. The summed E-state index contributed by atoms with van der Waals surface area (Å²) in [5, 5.41) is 2.73. The first-order valence-corrected chi connectivity index (χ1v) is 8.48. The highest BCUT2D eigenvalue weighted by Gasteiger charge is 2.06. The number of hydrogen-bond donors (Lipinski definition) is 1. The van der Waals surface area contributed by atoms with Gasteiger partial charge in [-0.3, -0.25) is 4.79 Å². The summed E-state index contributed by atoms with van der Waals surface area (Å²) in [6, 6.07) is 15.2. The lowest BCUT2D eigenvalue weighted by Crippen LogP contribution is -2.28. The second-order valence-electron chi connectivity index (χ2n) is 5.62. The van der Waals surface area contributed by atoms with Crippen molar-refractivity contribution < 1.29 is 19.1 Å². The minimum atomic E-state index is -0.581. The van der Waals surface area contributed by atoms with Crippen LogP contribution < -0.4 is 10.1 Å². The van der Waals surface area contributed by atoms with E-state index >= 15 is 0 Å². The molecular formula is C21H23NO4.